The van der Waals surface area contributed by atoms with Gasteiger partial charge in [-0.2, -0.15) is 0 Å². The Hall–Kier alpha value is -1.59. The monoisotopic (exact) mass is 278 g/mol. The minimum atomic E-state index is -3.47. The fraction of sp³-hybridized carbons (Fsp3) is 0.286. The molecule has 0 heterocycles. The zero-order valence-corrected chi connectivity index (χ0v) is 11.9. The van der Waals surface area contributed by atoms with Crippen molar-refractivity contribution in [3.05, 3.63) is 36.4 Å². The summed E-state index contributed by atoms with van der Waals surface area (Å²) < 4.78 is 26.4. The second-order valence-electron chi connectivity index (χ2n) is 4.53. The van der Waals surface area contributed by atoms with Gasteiger partial charge in [0.25, 0.3) is 0 Å². The van der Waals surface area contributed by atoms with Crippen molar-refractivity contribution in [2.75, 3.05) is 19.3 Å². The van der Waals surface area contributed by atoms with E-state index in [2.05, 4.69) is 0 Å². The van der Waals surface area contributed by atoms with Gasteiger partial charge in [-0.3, -0.25) is 0 Å². The van der Waals surface area contributed by atoms with E-state index in [0.29, 0.717) is 22.5 Å². The molecule has 0 amide bonds. The third-order valence-corrected chi connectivity index (χ3v) is 5.06. The molecule has 0 aliphatic carbocycles. The van der Waals surface area contributed by atoms with E-state index >= 15 is 0 Å². The van der Waals surface area contributed by atoms with Crippen LogP contribution >= 0.6 is 0 Å². The third-order valence-electron chi connectivity index (χ3n) is 3.14. The number of sulfonamides is 1. The van der Waals surface area contributed by atoms with Crippen molar-refractivity contribution >= 4 is 26.5 Å². The van der Waals surface area contributed by atoms with E-state index < -0.39 is 10.0 Å². The second kappa shape index (κ2) is 5.19. The molecule has 0 aromatic heterocycles. The topological polar surface area (TPSA) is 63.4 Å². The van der Waals surface area contributed by atoms with Gasteiger partial charge in [0.2, 0.25) is 10.0 Å². The van der Waals surface area contributed by atoms with Gasteiger partial charge in [0, 0.05) is 30.1 Å². The molecule has 0 atom stereocenters. The first-order chi connectivity index (χ1) is 8.98. The minimum Gasteiger partial charge on any atom is -0.398 e. The van der Waals surface area contributed by atoms with E-state index in [1.807, 2.05) is 25.1 Å². The van der Waals surface area contributed by atoms with Crippen LogP contribution in [0.25, 0.3) is 10.8 Å². The Morgan fingerprint density at radius 3 is 2.37 bits per heavy atom. The average Bonchev–Trinajstić information content (AvgIpc) is 2.39. The minimum absolute atomic E-state index is 0.313. The molecule has 0 aliphatic rings. The molecular formula is C14H18N2O2S. The molecule has 2 aromatic carbocycles. The molecule has 0 bridgehead atoms. The number of hydrogen-bond donors (Lipinski definition) is 1. The highest BCUT2D eigenvalue weighted by atomic mass is 32.2. The maximum atomic E-state index is 12.5. The van der Waals surface area contributed by atoms with Gasteiger partial charge in [-0.05, 0) is 18.6 Å². The summed E-state index contributed by atoms with van der Waals surface area (Å²) in [6, 6.07) is 10.5. The molecule has 2 rings (SSSR count). The molecular weight excluding hydrogens is 260 g/mol. The molecule has 0 fully saturated rings. The summed E-state index contributed by atoms with van der Waals surface area (Å²) in [5.41, 5.74) is 6.49. The lowest BCUT2D eigenvalue weighted by atomic mass is 10.1. The molecule has 19 heavy (non-hydrogen) atoms. The van der Waals surface area contributed by atoms with Crippen LogP contribution in [0.2, 0.25) is 0 Å². The van der Waals surface area contributed by atoms with Crippen LogP contribution in [-0.4, -0.2) is 26.3 Å². The first-order valence-corrected chi connectivity index (χ1v) is 7.66. The van der Waals surface area contributed by atoms with Crippen LogP contribution in [0.3, 0.4) is 0 Å². The van der Waals surface area contributed by atoms with Gasteiger partial charge >= 0.3 is 0 Å². The smallest absolute Gasteiger partial charge is 0.243 e. The van der Waals surface area contributed by atoms with Crippen LogP contribution in [-0.2, 0) is 10.0 Å². The van der Waals surface area contributed by atoms with Gasteiger partial charge in [0.15, 0.2) is 0 Å². The highest BCUT2D eigenvalue weighted by Gasteiger charge is 2.22. The predicted molar refractivity (Wildman–Crippen MR) is 78.5 cm³/mol. The zero-order valence-electron chi connectivity index (χ0n) is 11.1. The second-order valence-corrected chi connectivity index (χ2v) is 6.54. The van der Waals surface area contributed by atoms with Crippen molar-refractivity contribution in [3.63, 3.8) is 0 Å². The molecule has 102 valence electrons. The molecule has 2 N–H and O–H groups in total. The number of nitrogen functional groups attached to an aromatic ring is 1. The summed E-state index contributed by atoms with van der Waals surface area (Å²) in [5, 5.41) is 1.44. The maximum absolute atomic E-state index is 12.5. The van der Waals surface area contributed by atoms with Crippen molar-refractivity contribution in [1.29, 1.82) is 0 Å². The number of hydrogen-bond acceptors (Lipinski definition) is 3. The molecule has 0 radical (unpaired) electrons. The van der Waals surface area contributed by atoms with Crippen LogP contribution in [0.5, 0.6) is 0 Å². The highest BCUT2D eigenvalue weighted by molar-refractivity contribution is 7.89. The summed E-state index contributed by atoms with van der Waals surface area (Å²) in [6.45, 7) is 2.45. The maximum Gasteiger partial charge on any atom is 0.243 e. The third kappa shape index (κ3) is 2.43. The number of benzene rings is 2. The summed E-state index contributed by atoms with van der Waals surface area (Å²) in [6.07, 6.45) is 0.780. The van der Waals surface area contributed by atoms with Gasteiger partial charge in [0.1, 0.15) is 0 Å². The quantitative estimate of drug-likeness (QED) is 0.874. The zero-order chi connectivity index (χ0) is 14.0. The van der Waals surface area contributed by atoms with Gasteiger partial charge in [-0.15, -0.1) is 0 Å². The normalized spacial score (nSPS) is 12.2. The highest BCUT2D eigenvalue weighted by Crippen LogP contribution is 2.29. The van der Waals surface area contributed by atoms with Crippen LogP contribution in [0.1, 0.15) is 13.3 Å². The van der Waals surface area contributed by atoms with Crippen LogP contribution < -0.4 is 5.73 Å². The van der Waals surface area contributed by atoms with Gasteiger partial charge < -0.3 is 5.73 Å². The van der Waals surface area contributed by atoms with Gasteiger partial charge in [-0.1, -0.05) is 31.2 Å². The summed E-state index contributed by atoms with van der Waals surface area (Å²) >= 11 is 0. The molecule has 4 nitrogen and oxygen atoms in total. The molecule has 5 heteroatoms. The van der Waals surface area contributed by atoms with Crippen LogP contribution in [0.15, 0.2) is 41.3 Å². The Morgan fingerprint density at radius 2 is 1.74 bits per heavy atom. The van der Waals surface area contributed by atoms with Crippen molar-refractivity contribution < 1.29 is 8.42 Å². The molecule has 0 unspecified atom stereocenters. The van der Waals surface area contributed by atoms with Gasteiger partial charge in [-0.25, -0.2) is 12.7 Å². The van der Waals surface area contributed by atoms with Crippen molar-refractivity contribution in [1.82, 2.24) is 4.31 Å². The molecule has 0 saturated carbocycles. The summed E-state index contributed by atoms with van der Waals surface area (Å²) in [5.74, 6) is 0. The SMILES string of the molecule is CCCN(C)S(=O)(=O)c1ccc(N)c2ccccc12. The summed E-state index contributed by atoms with van der Waals surface area (Å²) in [4.78, 5) is 0.313. The number of rotatable bonds is 4. The lowest BCUT2D eigenvalue weighted by Crippen LogP contribution is -2.27. The first-order valence-electron chi connectivity index (χ1n) is 6.22. The summed E-state index contributed by atoms with van der Waals surface area (Å²) in [7, 11) is -1.87. The van der Waals surface area contributed by atoms with E-state index in [0.717, 1.165) is 11.8 Å². The molecule has 2 aromatic rings. The lowest BCUT2D eigenvalue weighted by Gasteiger charge is -2.18. The van der Waals surface area contributed by atoms with Crippen molar-refractivity contribution in [3.8, 4) is 0 Å². The average molecular weight is 278 g/mol. The largest absolute Gasteiger partial charge is 0.398 e. The first kappa shape index (κ1) is 13.8. The molecule has 0 spiro atoms. The number of fused-ring (bicyclic) bond motifs is 1. The lowest BCUT2D eigenvalue weighted by molar-refractivity contribution is 0.469. The van der Waals surface area contributed by atoms with E-state index in [1.54, 1.807) is 25.2 Å². The Kier molecular flexibility index (Phi) is 3.78. The van der Waals surface area contributed by atoms with Crippen molar-refractivity contribution in [2.45, 2.75) is 18.2 Å². The molecule has 0 saturated heterocycles. The van der Waals surface area contributed by atoms with Crippen molar-refractivity contribution in [2.24, 2.45) is 0 Å². The number of nitrogens with zero attached hydrogens (tertiary/aromatic N) is 1. The number of anilines is 1. The Bertz CT molecular complexity index is 696. The van der Waals surface area contributed by atoms with Crippen LogP contribution in [0.4, 0.5) is 5.69 Å². The fourth-order valence-electron chi connectivity index (χ4n) is 2.12. The Labute approximate surface area is 113 Å². The van der Waals surface area contributed by atoms with E-state index in [9.17, 15) is 8.42 Å². The fourth-order valence-corrected chi connectivity index (χ4v) is 3.58. The van der Waals surface area contributed by atoms with Crippen LogP contribution in [0, 0.1) is 0 Å². The Balaban J connectivity index is 2.67. The Morgan fingerprint density at radius 1 is 1.11 bits per heavy atom. The molecule has 0 aliphatic heterocycles. The van der Waals surface area contributed by atoms with E-state index in [1.165, 1.54) is 4.31 Å². The van der Waals surface area contributed by atoms with E-state index in [-0.39, 0.29) is 0 Å². The van der Waals surface area contributed by atoms with Gasteiger partial charge in [0.05, 0.1) is 4.90 Å². The van der Waals surface area contributed by atoms with E-state index in [4.69, 9.17) is 5.73 Å². The number of nitrogens with two attached hydrogens (primary N) is 1. The standard InChI is InChI=1S/C14H18N2O2S/c1-3-10-16(2)19(17,18)14-9-8-13(15)11-6-4-5-7-12(11)14/h4-9H,3,10,15H2,1-2H3. The predicted octanol–water partition coefficient (Wildman–Crippen LogP) is 2.45.